The van der Waals surface area contributed by atoms with Gasteiger partial charge in [0.05, 0.1) is 5.92 Å². The zero-order valence-corrected chi connectivity index (χ0v) is 19.4. The lowest BCUT2D eigenvalue weighted by Gasteiger charge is -2.42. The number of carbonyl (C=O) groups excluding carboxylic acids is 3. The molecule has 0 spiro atoms. The van der Waals surface area contributed by atoms with Gasteiger partial charge >= 0.3 is 17.9 Å². The zero-order valence-electron chi connectivity index (χ0n) is 16.8. The maximum atomic E-state index is 11.7. The molecule has 0 unspecified atom stereocenters. The smallest absolute Gasteiger partial charge is 0.303 e. The van der Waals surface area contributed by atoms with Crippen LogP contribution >= 0.6 is 15.9 Å². The normalized spacial score (nSPS) is 26.6. The fourth-order valence-corrected chi connectivity index (χ4v) is 3.41. The summed E-state index contributed by atoms with van der Waals surface area (Å²) >= 11 is 3.03. The maximum absolute atomic E-state index is 11.7. The number of halogens is 1. The first-order chi connectivity index (χ1) is 12.9. The van der Waals surface area contributed by atoms with Crippen LogP contribution < -0.4 is 0 Å². The number of rotatable bonds is 4. The first-order valence-corrected chi connectivity index (χ1v) is 13.0. The molecule has 1 fully saturated rings. The van der Waals surface area contributed by atoms with Gasteiger partial charge in [-0.1, -0.05) is 31.5 Å². The summed E-state index contributed by atoms with van der Waals surface area (Å²) in [7, 11) is -1.77. The van der Waals surface area contributed by atoms with E-state index in [2.05, 4.69) is 57.8 Å². The third kappa shape index (κ3) is 8.05. The molecule has 1 rings (SSSR count). The topological polar surface area (TPSA) is 88.1 Å². The first-order valence-electron chi connectivity index (χ1n) is 8.71. The van der Waals surface area contributed by atoms with Gasteiger partial charge in [-0.15, -0.1) is 5.54 Å². The molecule has 0 saturated carbocycles. The molecule has 1 heterocycles. The Morgan fingerprint density at radius 3 is 2.00 bits per heavy atom. The molecule has 0 amide bonds. The Labute approximate surface area is 174 Å². The molecule has 0 aromatic carbocycles. The van der Waals surface area contributed by atoms with E-state index in [9.17, 15) is 14.4 Å². The van der Waals surface area contributed by atoms with E-state index in [1.54, 1.807) is 0 Å². The van der Waals surface area contributed by atoms with Crippen LogP contribution in [0, 0.1) is 28.1 Å². The largest absolute Gasteiger partial charge is 0.463 e. The van der Waals surface area contributed by atoms with Crippen LogP contribution in [-0.4, -0.2) is 57.0 Å². The lowest BCUT2D eigenvalue weighted by molar-refractivity contribution is -0.213. The summed E-state index contributed by atoms with van der Waals surface area (Å²) in [6, 6.07) is 0. The van der Waals surface area contributed by atoms with Crippen molar-refractivity contribution in [3.63, 3.8) is 0 Å². The van der Waals surface area contributed by atoms with Crippen LogP contribution in [0.1, 0.15) is 20.8 Å². The van der Waals surface area contributed by atoms with E-state index in [4.69, 9.17) is 18.9 Å². The van der Waals surface area contributed by atoms with Crippen molar-refractivity contribution in [1.82, 2.24) is 0 Å². The first kappa shape index (κ1) is 24.2. The highest BCUT2D eigenvalue weighted by Gasteiger charge is 2.49. The van der Waals surface area contributed by atoms with Crippen molar-refractivity contribution in [3.8, 4) is 22.2 Å². The van der Waals surface area contributed by atoms with Crippen molar-refractivity contribution in [3.05, 3.63) is 0 Å². The Morgan fingerprint density at radius 2 is 1.54 bits per heavy atom. The second-order valence-corrected chi connectivity index (χ2v) is 12.5. The SMILES string of the molecule is CC(=O)OC[C@H]1O[C@H](C#C[Si](C)(C)C)[C@H](OC(C)=O)[C@@H](OC(C)=O)[C@@H]1C#CBr. The van der Waals surface area contributed by atoms with Crippen molar-refractivity contribution in [2.45, 2.75) is 64.8 Å². The minimum absolute atomic E-state index is 0.0998. The van der Waals surface area contributed by atoms with E-state index < -0.39 is 56.3 Å². The van der Waals surface area contributed by atoms with Gasteiger partial charge < -0.3 is 18.9 Å². The van der Waals surface area contributed by atoms with Crippen molar-refractivity contribution >= 4 is 41.9 Å². The summed E-state index contributed by atoms with van der Waals surface area (Å²) in [5.41, 5.74) is 3.18. The number of hydrogen-bond donors (Lipinski definition) is 0. The lowest BCUT2D eigenvalue weighted by Crippen LogP contribution is -2.57. The molecule has 1 saturated heterocycles. The number of carbonyl (C=O) groups is 3. The third-order valence-electron chi connectivity index (χ3n) is 3.56. The van der Waals surface area contributed by atoms with Crippen LogP contribution in [0.3, 0.4) is 0 Å². The van der Waals surface area contributed by atoms with E-state index in [0.717, 1.165) is 0 Å². The van der Waals surface area contributed by atoms with Crippen LogP contribution in [0.25, 0.3) is 0 Å². The minimum Gasteiger partial charge on any atom is -0.463 e. The molecule has 7 nitrogen and oxygen atoms in total. The van der Waals surface area contributed by atoms with Gasteiger partial charge in [0.15, 0.2) is 18.3 Å². The summed E-state index contributed by atoms with van der Waals surface area (Å²) in [6.07, 6.45) is -3.46. The van der Waals surface area contributed by atoms with Gasteiger partial charge in [0.1, 0.15) is 20.8 Å². The quantitative estimate of drug-likeness (QED) is 0.267. The standard InChI is InChI=1S/C19H25BrO7Si/c1-12(21)24-11-17-15(7-9-20)18(25-13(2)22)19(26-14(3)23)16(27-17)8-10-28(4,5)6/h15-19H,11H2,1-6H3/t15-,16-,17-,18+,19+/m1/s1. The van der Waals surface area contributed by atoms with Crippen molar-refractivity contribution in [2.75, 3.05) is 6.61 Å². The fourth-order valence-electron chi connectivity index (χ4n) is 2.58. The van der Waals surface area contributed by atoms with Crippen molar-refractivity contribution in [1.29, 1.82) is 0 Å². The van der Waals surface area contributed by atoms with Gasteiger partial charge in [-0.2, -0.15) is 0 Å². The number of hydrogen-bond acceptors (Lipinski definition) is 7. The molecule has 9 heteroatoms. The molecular weight excluding hydrogens is 448 g/mol. The molecule has 0 aromatic rings. The third-order valence-corrected chi connectivity index (χ3v) is 4.69. The maximum Gasteiger partial charge on any atom is 0.303 e. The number of esters is 3. The summed E-state index contributed by atoms with van der Waals surface area (Å²) in [5, 5.41) is 0. The van der Waals surface area contributed by atoms with Gasteiger partial charge in [0, 0.05) is 36.7 Å². The van der Waals surface area contributed by atoms with Crippen molar-refractivity contribution in [2.24, 2.45) is 5.92 Å². The van der Waals surface area contributed by atoms with E-state index in [1.165, 1.54) is 20.8 Å². The molecule has 1 aliphatic rings. The van der Waals surface area contributed by atoms with Crippen LogP contribution in [0.4, 0.5) is 0 Å². The van der Waals surface area contributed by atoms with E-state index in [-0.39, 0.29) is 6.61 Å². The van der Waals surface area contributed by atoms with Crippen LogP contribution in [0.15, 0.2) is 0 Å². The van der Waals surface area contributed by atoms with Gasteiger partial charge in [0.2, 0.25) is 0 Å². The number of ether oxygens (including phenoxy) is 4. The molecule has 1 aliphatic heterocycles. The van der Waals surface area contributed by atoms with Crippen LogP contribution in [0.2, 0.25) is 19.6 Å². The predicted octanol–water partition coefficient (Wildman–Crippen LogP) is 2.03. The van der Waals surface area contributed by atoms with Crippen LogP contribution in [0.5, 0.6) is 0 Å². The Balaban J connectivity index is 3.39. The lowest BCUT2D eigenvalue weighted by atomic mass is 9.87. The monoisotopic (exact) mass is 472 g/mol. The van der Waals surface area contributed by atoms with Gasteiger partial charge in [-0.05, 0) is 4.83 Å². The van der Waals surface area contributed by atoms with Crippen molar-refractivity contribution < 1.29 is 33.3 Å². The Morgan fingerprint density at radius 1 is 0.964 bits per heavy atom. The fraction of sp³-hybridized carbons (Fsp3) is 0.632. The highest BCUT2D eigenvalue weighted by atomic mass is 79.9. The molecule has 0 radical (unpaired) electrons. The molecule has 0 bridgehead atoms. The Bertz CT molecular complexity index is 723. The average molecular weight is 473 g/mol. The molecule has 0 aliphatic carbocycles. The summed E-state index contributed by atoms with van der Waals surface area (Å²) < 4.78 is 22.0. The summed E-state index contributed by atoms with van der Waals surface area (Å²) in [6.45, 7) is 9.86. The van der Waals surface area contributed by atoms with Crippen LogP contribution in [-0.2, 0) is 33.3 Å². The molecule has 5 atom stereocenters. The minimum atomic E-state index is -1.77. The molecule has 28 heavy (non-hydrogen) atoms. The molecule has 0 aromatic heterocycles. The summed E-state index contributed by atoms with van der Waals surface area (Å²) in [4.78, 5) is 37.2. The molecular formula is C19H25BrO7Si. The van der Waals surface area contributed by atoms with E-state index in [0.29, 0.717) is 0 Å². The van der Waals surface area contributed by atoms with E-state index in [1.807, 2.05) is 0 Å². The second-order valence-electron chi connectivity index (χ2n) is 7.33. The second kappa shape index (κ2) is 10.7. The zero-order chi connectivity index (χ0) is 21.5. The molecule has 0 N–H and O–H groups in total. The van der Waals surface area contributed by atoms with Gasteiger partial charge in [0.25, 0.3) is 0 Å². The van der Waals surface area contributed by atoms with Gasteiger partial charge in [-0.25, -0.2) is 0 Å². The Kier molecular flexibility index (Phi) is 9.22. The highest BCUT2D eigenvalue weighted by molar-refractivity contribution is 9.12. The molecule has 154 valence electrons. The average Bonchev–Trinajstić information content (AvgIpc) is 2.54. The Hall–Kier alpha value is -1.81. The summed E-state index contributed by atoms with van der Waals surface area (Å²) in [5.74, 6) is 3.57. The van der Waals surface area contributed by atoms with E-state index >= 15 is 0 Å². The highest BCUT2D eigenvalue weighted by Crippen LogP contribution is 2.31. The van der Waals surface area contributed by atoms with Gasteiger partial charge in [-0.3, -0.25) is 14.4 Å². The predicted molar refractivity (Wildman–Crippen MR) is 108 cm³/mol.